The summed E-state index contributed by atoms with van der Waals surface area (Å²) in [7, 11) is 1.68. The molecule has 3 aromatic heterocycles. The van der Waals surface area contributed by atoms with Gasteiger partial charge in [-0.05, 0) is 67.2 Å². The molecule has 2 atom stereocenters. The van der Waals surface area contributed by atoms with Crippen LogP contribution in [0.15, 0.2) is 41.3 Å². The van der Waals surface area contributed by atoms with E-state index in [1.165, 1.54) is 0 Å². The van der Waals surface area contributed by atoms with E-state index in [1.807, 2.05) is 31.2 Å². The maximum atomic E-state index is 12.3. The molecule has 182 valence electrons. The summed E-state index contributed by atoms with van der Waals surface area (Å²) in [6, 6.07) is 7.82. The fourth-order valence-corrected chi connectivity index (χ4v) is 5.38. The van der Waals surface area contributed by atoms with Crippen LogP contribution in [0.3, 0.4) is 0 Å². The van der Waals surface area contributed by atoms with Gasteiger partial charge in [0.2, 0.25) is 11.9 Å². The van der Waals surface area contributed by atoms with Crippen LogP contribution in [0.25, 0.3) is 27.6 Å². The lowest BCUT2D eigenvalue weighted by Gasteiger charge is -2.22. The minimum atomic E-state index is -1.09. The summed E-state index contributed by atoms with van der Waals surface area (Å²) >= 11 is 3.54. The Morgan fingerprint density at radius 1 is 1.31 bits per heavy atom. The van der Waals surface area contributed by atoms with Gasteiger partial charge in [-0.1, -0.05) is 13.0 Å². The number of aliphatic hydroxyl groups is 1. The summed E-state index contributed by atoms with van der Waals surface area (Å²) in [5, 5.41) is 23.4. The molecule has 4 aromatic rings. The zero-order valence-electron chi connectivity index (χ0n) is 20.1. The minimum Gasteiger partial charge on any atom is -0.386 e. The summed E-state index contributed by atoms with van der Waals surface area (Å²) < 4.78 is 2.38. The molecule has 3 heterocycles. The lowest BCUT2D eigenvalue weighted by molar-refractivity contribution is -0.129. The number of fused-ring (bicyclic) bond motifs is 2. The van der Waals surface area contributed by atoms with E-state index < -0.39 is 11.0 Å². The molecule has 1 fully saturated rings. The Morgan fingerprint density at radius 3 is 2.86 bits per heavy atom. The van der Waals surface area contributed by atoms with Gasteiger partial charge in [0.25, 0.3) is 0 Å². The van der Waals surface area contributed by atoms with E-state index in [2.05, 4.69) is 41.6 Å². The third-order valence-electron chi connectivity index (χ3n) is 6.82. The van der Waals surface area contributed by atoms with Crippen LogP contribution in [0.5, 0.6) is 0 Å². The molecule has 0 bridgehead atoms. The van der Waals surface area contributed by atoms with E-state index in [0.29, 0.717) is 28.2 Å². The van der Waals surface area contributed by atoms with Crippen molar-refractivity contribution in [1.82, 2.24) is 30.0 Å². The summed E-state index contributed by atoms with van der Waals surface area (Å²) in [5.41, 5.74) is 1.36. The van der Waals surface area contributed by atoms with Crippen molar-refractivity contribution in [2.24, 2.45) is 5.41 Å². The molecule has 0 saturated heterocycles. The third kappa shape index (κ3) is 4.25. The van der Waals surface area contributed by atoms with Crippen LogP contribution in [0, 0.1) is 5.41 Å². The fourth-order valence-electron chi connectivity index (χ4n) is 4.94. The van der Waals surface area contributed by atoms with Crippen LogP contribution < -0.4 is 10.6 Å². The molecule has 1 aromatic carbocycles. The summed E-state index contributed by atoms with van der Waals surface area (Å²) in [6.07, 6.45) is 5.84. The normalized spacial score (nSPS) is 20.5. The molecule has 35 heavy (non-hydrogen) atoms. The van der Waals surface area contributed by atoms with E-state index in [9.17, 15) is 9.90 Å². The van der Waals surface area contributed by atoms with E-state index in [1.54, 1.807) is 38.0 Å². The van der Waals surface area contributed by atoms with Crippen LogP contribution in [0.4, 0.5) is 5.95 Å². The first-order valence-corrected chi connectivity index (χ1v) is 12.4. The topological polar surface area (TPSA) is 118 Å². The van der Waals surface area contributed by atoms with Gasteiger partial charge in [0.15, 0.2) is 5.65 Å². The molecule has 1 aliphatic rings. The van der Waals surface area contributed by atoms with Crippen LogP contribution >= 0.6 is 15.9 Å². The zero-order valence-corrected chi connectivity index (χ0v) is 21.7. The molecule has 1 amide bonds. The standard InChI is InChI=1S/C25H28BrN7O2/c1-24(2,35)18-11-16(10-14-6-5-9-28-19(14)18)33-21-17(20(26)32-33)13-29-23(31-21)30-15-7-8-25(3,12-15)22(34)27-4/h5-6,9-11,13,15,35H,7-8,12H2,1-4H3,(H,27,34)(H,29,30,31)/t15-,25-/m1/s1. The number of hydrogen-bond acceptors (Lipinski definition) is 7. The van der Waals surface area contributed by atoms with Gasteiger partial charge in [-0.15, -0.1) is 0 Å². The van der Waals surface area contributed by atoms with Gasteiger partial charge in [-0.25, -0.2) is 9.67 Å². The Balaban J connectivity index is 1.55. The van der Waals surface area contributed by atoms with Crippen molar-refractivity contribution in [1.29, 1.82) is 0 Å². The van der Waals surface area contributed by atoms with Gasteiger partial charge < -0.3 is 15.7 Å². The first kappa shape index (κ1) is 23.6. The number of hydrogen-bond donors (Lipinski definition) is 3. The number of aromatic nitrogens is 5. The predicted molar refractivity (Wildman–Crippen MR) is 138 cm³/mol. The van der Waals surface area contributed by atoms with Gasteiger partial charge in [0.1, 0.15) is 4.60 Å². The van der Waals surface area contributed by atoms with Crippen molar-refractivity contribution in [2.45, 2.75) is 51.7 Å². The second kappa shape index (κ2) is 8.53. The quantitative estimate of drug-likeness (QED) is 0.351. The van der Waals surface area contributed by atoms with Gasteiger partial charge in [-0.2, -0.15) is 10.1 Å². The highest BCUT2D eigenvalue weighted by Gasteiger charge is 2.41. The van der Waals surface area contributed by atoms with E-state index in [0.717, 1.165) is 34.8 Å². The zero-order chi connectivity index (χ0) is 25.0. The van der Waals surface area contributed by atoms with Crippen LogP contribution in [0.2, 0.25) is 0 Å². The average molecular weight is 538 g/mol. The highest BCUT2D eigenvalue weighted by Crippen LogP contribution is 2.39. The predicted octanol–water partition coefficient (Wildman–Crippen LogP) is 4.07. The molecule has 9 nitrogen and oxygen atoms in total. The van der Waals surface area contributed by atoms with E-state index >= 15 is 0 Å². The molecular weight excluding hydrogens is 510 g/mol. The maximum absolute atomic E-state index is 12.3. The van der Waals surface area contributed by atoms with Gasteiger partial charge in [0, 0.05) is 41.8 Å². The van der Waals surface area contributed by atoms with Crippen molar-refractivity contribution < 1.29 is 9.90 Å². The van der Waals surface area contributed by atoms with E-state index in [-0.39, 0.29) is 11.9 Å². The summed E-state index contributed by atoms with van der Waals surface area (Å²) in [5.74, 6) is 0.552. The molecule has 3 N–H and O–H groups in total. The van der Waals surface area contributed by atoms with Crippen molar-refractivity contribution in [3.05, 3.63) is 46.8 Å². The number of carbonyl (C=O) groups is 1. The van der Waals surface area contributed by atoms with Crippen LogP contribution in [0.1, 0.15) is 45.6 Å². The highest BCUT2D eigenvalue weighted by molar-refractivity contribution is 9.10. The molecule has 0 spiro atoms. The molecule has 0 unspecified atom stereocenters. The number of anilines is 1. The van der Waals surface area contributed by atoms with Gasteiger partial charge in [0.05, 0.1) is 22.2 Å². The first-order valence-electron chi connectivity index (χ1n) is 11.6. The van der Waals surface area contributed by atoms with Crippen LogP contribution in [-0.2, 0) is 10.4 Å². The SMILES string of the molecule is CNC(=O)[C@]1(C)CC[C@@H](Nc2ncc3c(Br)nn(-c4cc(C(C)(C)O)c5ncccc5c4)c3n2)C1. The number of benzene rings is 1. The maximum Gasteiger partial charge on any atom is 0.225 e. The van der Waals surface area contributed by atoms with Crippen LogP contribution in [-0.4, -0.2) is 48.8 Å². The Morgan fingerprint density at radius 2 is 2.11 bits per heavy atom. The Hall–Kier alpha value is -3.11. The second-order valence-corrected chi connectivity index (χ2v) is 10.7. The molecule has 5 rings (SSSR count). The number of pyridine rings is 1. The Labute approximate surface area is 211 Å². The molecule has 0 radical (unpaired) electrons. The summed E-state index contributed by atoms with van der Waals surface area (Å²) in [6.45, 7) is 5.49. The van der Waals surface area contributed by atoms with Crippen molar-refractivity contribution in [3.63, 3.8) is 0 Å². The second-order valence-electron chi connectivity index (χ2n) is 9.98. The molecular formula is C25H28BrN7O2. The number of nitrogens with one attached hydrogen (secondary N) is 2. The summed E-state index contributed by atoms with van der Waals surface area (Å²) in [4.78, 5) is 26.1. The average Bonchev–Trinajstić information content (AvgIpc) is 3.37. The number of halogens is 1. The van der Waals surface area contributed by atoms with Crippen molar-refractivity contribution >= 4 is 49.7 Å². The Bertz CT molecular complexity index is 1450. The number of nitrogens with zero attached hydrogens (tertiary/aromatic N) is 5. The first-order chi connectivity index (χ1) is 16.6. The molecule has 1 aliphatic carbocycles. The van der Waals surface area contributed by atoms with Gasteiger partial charge in [-0.3, -0.25) is 9.78 Å². The smallest absolute Gasteiger partial charge is 0.225 e. The lowest BCUT2D eigenvalue weighted by atomic mass is 9.87. The number of amides is 1. The number of rotatable bonds is 5. The third-order valence-corrected chi connectivity index (χ3v) is 7.41. The minimum absolute atomic E-state index is 0.0635. The Kier molecular flexibility index (Phi) is 5.76. The molecule has 10 heteroatoms. The van der Waals surface area contributed by atoms with Crippen molar-refractivity contribution in [2.75, 3.05) is 12.4 Å². The van der Waals surface area contributed by atoms with Gasteiger partial charge >= 0.3 is 0 Å². The fraction of sp³-hybridized carbons (Fsp3) is 0.400. The molecule has 1 saturated carbocycles. The molecule has 0 aliphatic heterocycles. The van der Waals surface area contributed by atoms with E-state index in [4.69, 9.17) is 4.98 Å². The largest absolute Gasteiger partial charge is 0.386 e. The lowest BCUT2D eigenvalue weighted by Crippen LogP contribution is -2.35. The van der Waals surface area contributed by atoms with Crippen molar-refractivity contribution in [3.8, 4) is 5.69 Å². The monoisotopic (exact) mass is 537 g/mol. The number of carbonyl (C=O) groups excluding carboxylic acids is 1. The highest BCUT2D eigenvalue weighted by atomic mass is 79.9.